The molecule has 0 aromatic rings. The monoisotopic (exact) mass is 292 g/mol. The number of aliphatic hydroxyl groups is 1. The zero-order valence-corrected chi connectivity index (χ0v) is 12.1. The number of fused-ring (bicyclic) bond motifs is 2. The molecule has 0 spiro atoms. The van der Waals surface area contributed by atoms with Crippen LogP contribution in [0.3, 0.4) is 0 Å². The number of sulfonamides is 1. The molecular formula is C11H20N2O3S2. The predicted octanol–water partition coefficient (Wildman–Crippen LogP) is 0.369. The number of nitrogens with zero attached hydrogens (tertiary/aromatic N) is 1. The predicted molar refractivity (Wildman–Crippen MR) is 73.7 cm³/mol. The minimum atomic E-state index is -3.48. The zero-order valence-electron chi connectivity index (χ0n) is 10.4. The van der Waals surface area contributed by atoms with Gasteiger partial charge in [0.1, 0.15) is 5.25 Å². The van der Waals surface area contributed by atoms with Gasteiger partial charge in [-0.05, 0) is 32.1 Å². The van der Waals surface area contributed by atoms with Gasteiger partial charge in [0.15, 0.2) is 0 Å². The fourth-order valence-corrected chi connectivity index (χ4v) is 5.98. The van der Waals surface area contributed by atoms with Crippen LogP contribution in [0.1, 0.15) is 39.0 Å². The average Bonchev–Trinajstić information content (AvgIpc) is 2.52. The van der Waals surface area contributed by atoms with Gasteiger partial charge in [0.05, 0.1) is 11.1 Å². The van der Waals surface area contributed by atoms with Crippen molar-refractivity contribution >= 4 is 27.2 Å². The molecule has 2 aliphatic heterocycles. The summed E-state index contributed by atoms with van der Waals surface area (Å²) in [5, 5.41) is 8.93. The summed E-state index contributed by atoms with van der Waals surface area (Å²) in [4.78, 5) is 0.0445. The number of piperidine rings is 1. The van der Waals surface area contributed by atoms with Crippen LogP contribution in [-0.2, 0) is 10.0 Å². The molecule has 0 radical (unpaired) electrons. The van der Waals surface area contributed by atoms with Crippen LogP contribution in [-0.4, -0.2) is 46.3 Å². The van der Waals surface area contributed by atoms with Crippen molar-refractivity contribution in [2.75, 3.05) is 0 Å². The van der Waals surface area contributed by atoms with E-state index in [1.165, 1.54) is 0 Å². The third kappa shape index (κ3) is 2.29. The number of thiocarbonyl (C=S) groups is 1. The first-order chi connectivity index (χ1) is 8.37. The molecule has 2 rings (SSSR count). The number of hydrogen-bond acceptors (Lipinski definition) is 4. The van der Waals surface area contributed by atoms with Gasteiger partial charge in [-0.15, -0.1) is 0 Å². The first-order valence-corrected chi connectivity index (χ1v) is 8.28. The molecule has 3 N–H and O–H groups in total. The minimum Gasteiger partial charge on any atom is -0.393 e. The van der Waals surface area contributed by atoms with Crippen molar-refractivity contribution in [3.63, 3.8) is 0 Å². The smallest absolute Gasteiger partial charge is 0.224 e. The molecule has 2 heterocycles. The van der Waals surface area contributed by atoms with Crippen molar-refractivity contribution in [3.05, 3.63) is 0 Å². The second-order valence-electron chi connectivity index (χ2n) is 5.18. The Morgan fingerprint density at radius 3 is 2.33 bits per heavy atom. The van der Waals surface area contributed by atoms with Crippen molar-refractivity contribution in [2.24, 2.45) is 5.73 Å². The van der Waals surface area contributed by atoms with E-state index in [2.05, 4.69) is 0 Å². The van der Waals surface area contributed by atoms with Crippen LogP contribution in [0.15, 0.2) is 0 Å². The normalized spacial score (nSPS) is 34.4. The molecule has 0 aromatic carbocycles. The highest BCUT2D eigenvalue weighted by atomic mass is 32.2. The maximum atomic E-state index is 12.6. The second kappa shape index (κ2) is 5.03. The van der Waals surface area contributed by atoms with Crippen molar-refractivity contribution in [1.82, 2.24) is 4.31 Å². The highest BCUT2D eigenvalue weighted by Crippen LogP contribution is 2.39. The van der Waals surface area contributed by atoms with Gasteiger partial charge in [0, 0.05) is 12.1 Å². The van der Waals surface area contributed by atoms with Crippen LogP contribution < -0.4 is 5.73 Å². The summed E-state index contributed by atoms with van der Waals surface area (Å²) in [6.45, 7) is 1.78. The molecule has 3 atom stereocenters. The number of rotatable bonds is 4. The Hall–Kier alpha value is -0.240. The fourth-order valence-electron chi connectivity index (χ4n) is 3.23. The summed E-state index contributed by atoms with van der Waals surface area (Å²) in [7, 11) is -3.48. The lowest BCUT2D eigenvalue weighted by Gasteiger charge is -2.37. The minimum absolute atomic E-state index is 0.0445. The zero-order chi connectivity index (χ0) is 13.5. The molecule has 2 fully saturated rings. The van der Waals surface area contributed by atoms with Crippen molar-refractivity contribution in [1.29, 1.82) is 0 Å². The van der Waals surface area contributed by atoms with Crippen LogP contribution in [0.2, 0.25) is 0 Å². The molecule has 2 bridgehead atoms. The lowest BCUT2D eigenvalue weighted by Crippen LogP contribution is -2.53. The van der Waals surface area contributed by atoms with Gasteiger partial charge in [-0.25, -0.2) is 8.42 Å². The Morgan fingerprint density at radius 2 is 1.94 bits per heavy atom. The lowest BCUT2D eigenvalue weighted by molar-refractivity contribution is 0.0766. The quantitative estimate of drug-likeness (QED) is 0.731. The Balaban J connectivity index is 2.29. The highest BCUT2D eigenvalue weighted by molar-refractivity contribution is 7.92. The van der Waals surface area contributed by atoms with E-state index >= 15 is 0 Å². The van der Waals surface area contributed by atoms with Gasteiger partial charge in [-0.2, -0.15) is 4.31 Å². The van der Waals surface area contributed by atoms with E-state index < -0.39 is 15.3 Å². The number of aliphatic hydroxyl groups excluding tert-OH is 1. The summed E-state index contributed by atoms with van der Waals surface area (Å²) < 4.78 is 26.8. The lowest BCUT2D eigenvalue weighted by atomic mass is 10.0. The third-order valence-electron chi connectivity index (χ3n) is 3.98. The third-order valence-corrected chi connectivity index (χ3v) is 6.91. The first-order valence-electron chi connectivity index (χ1n) is 6.37. The molecule has 2 aliphatic rings. The SMILES string of the molecule is CCC(C(N)=S)S(=O)(=O)N1C2CCC1CC(O)C2. The van der Waals surface area contributed by atoms with Crippen LogP contribution in [0, 0.1) is 0 Å². The maximum absolute atomic E-state index is 12.6. The fraction of sp³-hybridized carbons (Fsp3) is 0.909. The van der Waals surface area contributed by atoms with Crippen LogP contribution >= 0.6 is 12.2 Å². The van der Waals surface area contributed by atoms with Gasteiger partial charge in [0.2, 0.25) is 10.0 Å². The topological polar surface area (TPSA) is 83.6 Å². The van der Waals surface area contributed by atoms with Gasteiger partial charge >= 0.3 is 0 Å². The second-order valence-corrected chi connectivity index (χ2v) is 7.68. The van der Waals surface area contributed by atoms with Crippen LogP contribution in [0.25, 0.3) is 0 Å². The van der Waals surface area contributed by atoms with Crippen molar-refractivity contribution in [2.45, 2.75) is 62.5 Å². The Morgan fingerprint density at radius 1 is 1.44 bits per heavy atom. The van der Waals surface area contributed by atoms with E-state index in [-0.39, 0.29) is 23.2 Å². The maximum Gasteiger partial charge on any atom is 0.224 e. The van der Waals surface area contributed by atoms with Crippen molar-refractivity contribution < 1.29 is 13.5 Å². The molecule has 0 amide bonds. The molecule has 5 nitrogen and oxygen atoms in total. The molecule has 3 unspecified atom stereocenters. The molecule has 104 valence electrons. The van der Waals surface area contributed by atoms with E-state index in [9.17, 15) is 13.5 Å². The number of hydrogen-bond donors (Lipinski definition) is 2. The van der Waals surface area contributed by atoms with Gasteiger partial charge in [0.25, 0.3) is 0 Å². The van der Waals surface area contributed by atoms with Crippen LogP contribution in [0.5, 0.6) is 0 Å². The van der Waals surface area contributed by atoms with E-state index in [0.29, 0.717) is 19.3 Å². The molecule has 2 saturated heterocycles. The van der Waals surface area contributed by atoms with Crippen LogP contribution in [0.4, 0.5) is 0 Å². The summed E-state index contributed by atoms with van der Waals surface area (Å²) in [6.07, 6.45) is 2.74. The van der Waals surface area contributed by atoms with E-state index in [0.717, 1.165) is 12.8 Å². The first kappa shape index (κ1) is 14.2. The van der Waals surface area contributed by atoms with Gasteiger partial charge < -0.3 is 10.8 Å². The molecular weight excluding hydrogens is 272 g/mol. The van der Waals surface area contributed by atoms with E-state index in [1.807, 2.05) is 0 Å². The summed E-state index contributed by atoms with van der Waals surface area (Å²) >= 11 is 4.88. The average molecular weight is 292 g/mol. The van der Waals surface area contributed by atoms with Gasteiger partial charge in [-0.1, -0.05) is 19.1 Å². The number of nitrogens with two attached hydrogens (primary N) is 1. The van der Waals surface area contributed by atoms with Crippen molar-refractivity contribution in [3.8, 4) is 0 Å². The summed E-state index contributed by atoms with van der Waals surface area (Å²) in [5.41, 5.74) is 5.55. The summed E-state index contributed by atoms with van der Waals surface area (Å²) in [5.74, 6) is 0. The van der Waals surface area contributed by atoms with E-state index in [1.54, 1.807) is 11.2 Å². The summed E-state index contributed by atoms with van der Waals surface area (Å²) in [6, 6.07) is -0.153. The molecule has 18 heavy (non-hydrogen) atoms. The molecule has 7 heteroatoms. The Bertz CT molecular complexity index is 424. The van der Waals surface area contributed by atoms with E-state index in [4.69, 9.17) is 18.0 Å². The standard InChI is InChI=1S/C11H20N2O3S2/c1-2-10(11(12)17)18(15,16)13-7-3-4-8(13)6-9(14)5-7/h7-10,14H,2-6H2,1H3,(H2,12,17). The molecule has 0 aromatic heterocycles. The Kier molecular flexibility index (Phi) is 3.96. The Labute approximate surface area is 113 Å². The largest absolute Gasteiger partial charge is 0.393 e. The van der Waals surface area contributed by atoms with Gasteiger partial charge in [-0.3, -0.25) is 0 Å². The molecule has 0 aliphatic carbocycles. The highest BCUT2D eigenvalue weighted by Gasteiger charge is 2.48. The molecule has 0 saturated carbocycles.